The van der Waals surface area contributed by atoms with Crippen LogP contribution in [0.3, 0.4) is 0 Å². The topological polar surface area (TPSA) is 61.6 Å². The Balaban J connectivity index is 2.10. The summed E-state index contributed by atoms with van der Waals surface area (Å²) in [5.41, 5.74) is 5.45. The van der Waals surface area contributed by atoms with Gasteiger partial charge in [-0.15, -0.1) is 0 Å². The molecule has 0 bridgehead atoms. The van der Waals surface area contributed by atoms with Gasteiger partial charge in [-0.25, -0.2) is 4.79 Å². The summed E-state index contributed by atoms with van der Waals surface area (Å²) in [6.07, 6.45) is 3.56. The van der Waals surface area contributed by atoms with E-state index < -0.39 is 0 Å². The van der Waals surface area contributed by atoms with Gasteiger partial charge in [0.2, 0.25) is 0 Å². The molecule has 5 heteroatoms. The Morgan fingerprint density at radius 3 is 2.44 bits per heavy atom. The number of amides is 2. The smallest absolute Gasteiger partial charge is 0.317 e. The summed E-state index contributed by atoms with van der Waals surface area (Å²) in [4.78, 5) is 15.7. The van der Waals surface area contributed by atoms with Crippen LogP contribution in [0.15, 0.2) is 0 Å². The van der Waals surface area contributed by atoms with Gasteiger partial charge in [0.25, 0.3) is 0 Å². The first kappa shape index (κ1) is 13.3. The average Bonchev–Trinajstić information content (AvgIpc) is 2.34. The van der Waals surface area contributed by atoms with Crippen molar-refractivity contribution in [2.24, 2.45) is 5.73 Å². The van der Waals surface area contributed by atoms with Crippen LogP contribution in [0.5, 0.6) is 0 Å². The molecule has 2 amide bonds. The second-order valence-electron chi connectivity index (χ2n) is 4.23. The number of unbranched alkanes of at least 4 members (excludes halogenated alkanes) is 2. The second-order valence-corrected chi connectivity index (χ2v) is 4.23. The number of carbonyl (C=O) groups is 1. The molecule has 1 fully saturated rings. The Hall–Kier alpha value is -0.810. The number of hydrogen-bond donors (Lipinski definition) is 2. The monoisotopic (exact) mass is 228 g/mol. The molecule has 1 saturated heterocycles. The predicted molar refractivity (Wildman–Crippen MR) is 65.4 cm³/mol. The molecule has 0 aromatic heterocycles. The van der Waals surface area contributed by atoms with Crippen molar-refractivity contribution < 1.29 is 4.79 Å². The van der Waals surface area contributed by atoms with Crippen molar-refractivity contribution >= 4 is 6.03 Å². The van der Waals surface area contributed by atoms with Crippen molar-refractivity contribution in [1.82, 2.24) is 15.1 Å². The molecular weight excluding hydrogens is 204 g/mol. The van der Waals surface area contributed by atoms with Crippen LogP contribution in [0.4, 0.5) is 4.79 Å². The third-order valence-corrected chi connectivity index (χ3v) is 3.05. The minimum Gasteiger partial charge on any atom is -0.341 e. The fourth-order valence-electron chi connectivity index (χ4n) is 1.99. The number of hydrogen-bond acceptors (Lipinski definition) is 3. The number of carbonyl (C=O) groups excluding carboxylic acids is 1. The Labute approximate surface area is 98.0 Å². The zero-order chi connectivity index (χ0) is 11.8. The molecular formula is C11H24N4O. The molecule has 0 atom stereocenters. The molecule has 0 aromatic rings. The van der Waals surface area contributed by atoms with Gasteiger partial charge in [0.1, 0.15) is 0 Å². The van der Waals surface area contributed by atoms with Gasteiger partial charge < -0.3 is 16.0 Å². The highest BCUT2D eigenvalue weighted by Crippen LogP contribution is 2.04. The van der Waals surface area contributed by atoms with E-state index in [1.807, 2.05) is 4.90 Å². The molecule has 0 aromatic carbocycles. The van der Waals surface area contributed by atoms with Crippen molar-refractivity contribution in [3.05, 3.63) is 0 Å². The van der Waals surface area contributed by atoms with E-state index >= 15 is 0 Å². The van der Waals surface area contributed by atoms with Crippen LogP contribution < -0.4 is 11.1 Å². The second kappa shape index (κ2) is 7.46. The van der Waals surface area contributed by atoms with Crippen molar-refractivity contribution in [2.45, 2.75) is 19.3 Å². The lowest BCUT2D eigenvalue weighted by molar-refractivity contribution is 0.139. The Morgan fingerprint density at radius 1 is 1.19 bits per heavy atom. The normalized spacial score (nSPS) is 17.5. The van der Waals surface area contributed by atoms with Crippen LogP contribution in [-0.4, -0.2) is 62.1 Å². The maximum atomic E-state index is 11.4. The highest BCUT2D eigenvalue weighted by atomic mass is 16.2. The molecule has 0 aliphatic carbocycles. The first-order chi connectivity index (χ1) is 7.77. The summed E-state index contributed by atoms with van der Waals surface area (Å²) in [6, 6.07) is 0.0442. The van der Waals surface area contributed by atoms with Gasteiger partial charge in [0.05, 0.1) is 0 Å². The van der Waals surface area contributed by atoms with Crippen molar-refractivity contribution in [3.8, 4) is 0 Å². The standard InChI is InChI=1S/C11H24N4O/c1-13-11(16)15-9-7-14(8-10-15)6-4-2-3-5-12/h2-10,12H2,1H3,(H,13,16). The lowest BCUT2D eigenvalue weighted by Gasteiger charge is -2.34. The van der Waals surface area contributed by atoms with Crippen molar-refractivity contribution in [3.63, 3.8) is 0 Å². The van der Waals surface area contributed by atoms with E-state index in [1.165, 1.54) is 12.8 Å². The molecule has 0 unspecified atom stereocenters. The predicted octanol–water partition coefficient (Wildman–Crippen LogP) is 0.0724. The van der Waals surface area contributed by atoms with Crippen LogP contribution in [0, 0.1) is 0 Å². The van der Waals surface area contributed by atoms with Crippen LogP contribution in [0.1, 0.15) is 19.3 Å². The molecule has 16 heavy (non-hydrogen) atoms. The number of rotatable bonds is 5. The lowest BCUT2D eigenvalue weighted by Crippen LogP contribution is -2.51. The van der Waals surface area contributed by atoms with Crippen LogP contribution in [0.2, 0.25) is 0 Å². The molecule has 94 valence electrons. The van der Waals surface area contributed by atoms with E-state index in [4.69, 9.17) is 5.73 Å². The maximum Gasteiger partial charge on any atom is 0.317 e. The third-order valence-electron chi connectivity index (χ3n) is 3.05. The number of urea groups is 1. The molecule has 0 saturated carbocycles. The molecule has 1 heterocycles. The van der Waals surface area contributed by atoms with Crippen molar-refractivity contribution in [2.75, 3.05) is 46.3 Å². The van der Waals surface area contributed by atoms with Gasteiger partial charge in [-0.2, -0.15) is 0 Å². The van der Waals surface area contributed by atoms with Gasteiger partial charge in [0, 0.05) is 33.2 Å². The highest BCUT2D eigenvalue weighted by Gasteiger charge is 2.19. The molecule has 3 N–H and O–H groups in total. The van der Waals surface area contributed by atoms with Crippen molar-refractivity contribution in [1.29, 1.82) is 0 Å². The summed E-state index contributed by atoms with van der Waals surface area (Å²) in [5.74, 6) is 0. The Kier molecular flexibility index (Phi) is 6.18. The SMILES string of the molecule is CNC(=O)N1CCN(CCCCCN)CC1. The summed E-state index contributed by atoms with van der Waals surface area (Å²) in [5, 5.41) is 2.66. The summed E-state index contributed by atoms with van der Waals surface area (Å²) in [6.45, 7) is 5.62. The maximum absolute atomic E-state index is 11.4. The number of nitrogens with zero attached hydrogens (tertiary/aromatic N) is 2. The van der Waals surface area contributed by atoms with E-state index in [0.29, 0.717) is 0 Å². The third kappa shape index (κ3) is 4.37. The first-order valence-corrected chi connectivity index (χ1v) is 6.17. The Morgan fingerprint density at radius 2 is 1.88 bits per heavy atom. The minimum atomic E-state index is 0.0442. The quantitative estimate of drug-likeness (QED) is 0.655. The molecule has 5 nitrogen and oxygen atoms in total. The van der Waals surface area contributed by atoms with E-state index in [-0.39, 0.29) is 6.03 Å². The van der Waals surface area contributed by atoms with E-state index in [0.717, 1.165) is 45.7 Å². The number of piperazine rings is 1. The number of nitrogens with two attached hydrogens (primary N) is 1. The Bertz CT molecular complexity index is 202. The minimum absolute atomic E-state index is 0.0442. The van der Waals surface area contributed by atoms with E-state index in [2.05, 4.69) is 10.2 Å². The summed E-state index contributed by atoms with van der Waals surface area (Å²) < 4.78 is 0. The van der Waals surface area contributed by atoms with Crippen LogP contribution >= 0.6 is 0 Å². The molecule has 0 spiro atoms. The lowest BCUT2D eigenvalue weighted by atomic mass is 10.2. The van der Waals surface area contributed by atoms with Gasteiger partial charge in [-0.05, 0) is 25.9 Å². The molecule has 1 aliphatic heterocycles. The van der Waals surface area contributed by atoms with Gasteiger partial charge in [-0.3, -0.25) is 4.90 Å². The molecule has 0 radical (unpaired) electrons. The largest absolute Gasteiger partial charge is 0.341 e. The fraction of sp³-hybridized carbons (Fsp3) is 0.909. The van der Waals surface area contributed by atoms with Gasteiger partial charge >= 0.3 is 6.03 Å². The zero-order valence-electron chi connectivity index (χ0n) is 10.2. The summed E-state index contributed by atoms with van der Waals surface area (Å²) >= 11 is 0. The number of nitrogens with one attached hydrogen (secondary N) is 1. The molecule has 1 rings (SSSR count). The van der Waals surface area contributed by atoms with E-state index in [1.54, 1.807) is 7.05 Å². The van der Waals surface area contributed by atoms with E-state index in [9.17, 15) is 4.79 Å². The zero-order valence-corrected chi connectivity index (χ0v) is 10.2. The van der Waals surface area contributed by atoms with Crippen LogP contribution in [0.25, 0.3) is 0 Å². The van der Waals surface area contributed by atoms with Gasteiger partial charge in [0.15, 0.2) is 0 Å². The highest BCUT2D eigenvalue weighted by molar-refractivity contribution is 5.73. The first-order valence-electron chi connectivity index (χ1n) is 6.17. The fourth-order valence-corrected chi connectivity index (χ4v) is 1.99. The van der Waals surface area contributed by atoms with Gasteiger partial charge in [-0.1, -0.05) is 6.42 Å². The molecule has 1 aliphatic rings. The average molecular weight is 228 g/mol. The summed E-state index contributed by atoms with van der Waals surface area (Å²) in [7, 11) is 1.68. The van der Waals surface area contributed by atoms with Crippen LogP contribution in [-0.2, 0) is 0 Å².